The Bertz CT molecular complexity index is 1440. The number of aliphatic hydroxyl groups excluding tert-OH is 1. The molecule has 1 aliphatic heterocycles. The van der Waals surface area contributed by atoms with E-state index in [2.05, 4.69) is 10.6 Å². The molecule has 250 valence electrons. The quantitative estimate of drug-likeness (QED) is 0.142. The van der Waals surface area contributed by atoms with E-state index < -0.39 is 42.3 Å². The average molecular weight is 638 g/mol. The third-order valence-corrected chi connectivity index (χ3v) is 8.14. The summed E-state index contributed by atoms with van der Waals surface area (Å²) in [4.78, 5) is 24.9. The number of aromatic hydroxyl groups is 2. The summed E-state index contributed by atoms with van der Waals surface area (Å²) in [5, 5.41) is 39.9. The first kappa shape index (κ1) is 36.2. The van der Waals surface area contributed by atoms with Gasteiger partial charge in [-0.25, -0.2) is 4.79 Å². The van der Waals surface area contributed by atoms with E-state index in [-0.39, 0.29) is 29.5 Å². The van der Waals surface area contributed by atoms with Gasteiger partial charge in [-0.3, -0.25) is 4.79 Å². The van der Waals surface area contributed by atoms with Crippen LogP contribution < -0.4 is 16.4 Å². The minimum atomic E-state index is -0.989. The van der Waals surface area contributed by atoms with Crippen LogP contribution in [0, 0.1) is 11.8 Å². The molecule has 1 heterocycles. The van der Waals surface area contributed by atoms with Crippen LogP contribution in [0.2, 0.25) is 0 Å². The summed E-state index contributed by atoms with van der Waals surface area (Å²) in [6.45, 7) is 7.52. The van der Waals surface area contributed by atoms with Crippen LogP contribution in [0.3, 0.4) is 0 Å². The van der Waals surface area contributed by atoms with Gasteiger partial charge in [0.15, 0.2) is 6.10 Å². The molecule has 11 nitrogen and oxygen atoms in total. The molecular weight excluding hydrogens is 590 g/mol. The SMILES string of the molecule is CO[C@@H]1/C=C/C=C(\C)C(=O)Nc2cc(O)c(NCc3ccccc3)c(c2O)C[C@@H](C)C[C@@H](OC)[C@@H](O)[C@@H](C)/C=C(\C)[C@@H]1OC(N)=O. The number of anilines is 2. The lowest BCUT2D eigenvalue weighted by Gasteiger charge is -2.29. The summed E-state index contributed by atoms with van der Waals surface area (Å²) in [6, 6.07) is 10.9. The molecule has 46 heavy (non-hydrogen) atoms. The molecule has 0 saturated heterocycles. The molecule has 1 aliphatic rings. The van der Waals surface area contributed by atoms with Crippen LogP contribution in [0.1, 0.15) is 45.2 Å². The Kier molecular flexibility index (Phi) is 13.2. The lowest BCUT2D eigenvalue weighted by atomic mass is 9.87. The van der Waals surface area contributed by atoms with Crippen LogP contribution in [0.5, 0.6) is 11.5 Å². The van der Waals surface area contributed by atoms with E-state index in [0.29, 0.717) is 35.4 Å². The maximum atomic E-state index is 13.2. The molecule has 2 amide bonds. The molecule has 0 spiro atoms. The maximum absolute atomic E-state index is 13.2. The zero-order chi connectivity index (χ0) is 34.0. The largest absolute Gasteiger partial charge is 0.506 e. The van der Waals surface area contributed by atoms with E-state index in [9.17, 15) is 24.9 Å². The Labute approximate surface area is 270 Å². The first-order valence-corrected chi connectivity index (χ1v) is 15.3. The minimum absolute atomic E-state index is 0.0473. The highest BCUT2D eigenvalue weighted by atomic mass is 16.6. The van der Waals surface area contributed by atoms with E-state index in [1.54, 1.807) is 38.2 Å². The van der Waals surface area contributed by atoms with Crippen molar-refractivity contribution in [3.8, 4) is 11.5 Å². The van der Waals surface area contributed by atoms with Crippen molar-refractivity contribution in [1.29, 1.82) is 0 Å². The Balaban J connectivity index is 2.09. The standard InChI is InChI=1S/C35H47N3O8/c1-20-15-25-30(37-19-24-12-8-7-9-13-24)27(39)18-26(32(25)41)38-34(42)21(2)11-10-14-28(44-5)33(46-35(36)43)23(4)17-22(3)31(40)29(16-20)45-6/h7-14,17-18,20,22,28-29,31,33,37,39-41H,15-16,19H2,1-6H3,(H2,36,43)(H,38,42)/b14-10+,21-11+,23-17+/t20-,22+,28-,29-,31+,33+/m1/s1. The van der Waals surface area contributed by atoms with Crippen molar-refractivity contribution in [2.24, 2.45) is 17.6 Å². The van der Waals surface area contributed by atoms with Crippen molar-refractivity contribution < 1.29 is 39.1 Å². The number of hydrogen-bond donors (Lipinski definition) is 6. The summed E-state index contributed by atoms with van der Waals surface area (Å²) >= 11 is 0. The van der Waals surface area contributed by atoms with E-state index >= 15 is 0 Å². The van der Waals surface area contributed by atoms with E-state index in [1.807, 2.05) is 44.2 Å². The first-order valence-electron chi connectivity index (χ1n) is 15.3. The molecule has 2 bridgehead atoms. The predicted molar refractivity (Wildman–Crippen MR) is 178 cm³/mol. The average Bonchev–Trinajstić information content (AvgIpc) is 3.02. The molecule has 0 saturated carbocycles. The third-order valence-electron chi connectivity index (χ3n) is 8.14. The number of ether oxygens (including phenoxy) is 3. The second-order valence-electron chi connectivity index (χ2n) is 11.8. The van der Waals surface area contributed by atoms with Crippen molar-refractivity contribution in [3.05, 3.63) is 83.0 Å². The van der Waals surface area contributed by atoms with Crippen LogP contribution in [0.4, 0.5) is 16.2 Å². The molecule has 0 fully saturated rings. The number of carbonyl (C=O) groups excluding carboxylic acids is 2. The van der Waals surface area contributed by atoms with Gasteiger partial charge < -0.3 is 45.9 Å². The Hall–Kier alpha value is -4.32. The van der Waals surface area contributed by atoms with Gasteiger partial charge in [-0.05, 0) is 43.7 Å². The summed E-state index contributed by atoms with van der Waals surface area (Å²) in [5.74, 6) is -1.40. The van der Waals surface area contributed by atoms with Gasteiger partial charge in [-0.2, -0.15) is 0 Å². The molecule has 2 aromatic carbocycles. The van der Waals surface area contributed by atoms with E-state index in [4.69, 9.17) is 19.9 Å². The van der Waals surface area contributed by atoms with Gasteiger partial charge in [0.25, 0.3) is 5.91 Å². The molecule has 0 unspecified atom stereocenters. The number of carbonyl (C=O) groups is 2. The molecule has 6 atom stereocenters. The van der Waals surface area contributed by atoms with Crippen molar-refractivity contribution in [2.75, 3.05) is 24.9 Å². The van der Waals surface area contributed by atoms with Crippen LogP contribution in [0.25, 0.3) is 0 Å². The highest BCUT2D eigenvalue weighted by molar-refractivity contribution is 6.04. The second kappa shape index (κ2) is 16.8. The lowest BCUT2D eigenvalue weighted by Crippen LogP contribution is -2.37. The van der Waals surface area contributed by atoms with Crippen molar-refractivity contribution in [1.82, 2.24) is 0 Å². The number of primary amides is 1. The summed E-state index contributed by atoms with van der Waals surface area (Å²) in [5.41, 5.74) is 8.06. The fourth-order valence-corrected chi connectivity index (χ4v) is 5.59. The third kappa shape index (κ3) is 9.59. The molecular formula is C35H47N3O8. The number of allylic oxidation sites excluding steroid dienone is 2. The number of hydrogen-bond acceptors (Lipinski definition) is 9. The number of methoxy groups -OCH3 is 2. The van der Waals surface area contributed by atoms with E-state index in [0.717, 1.165) is 5.56 Å². The number of rotatable bonds is 6. The number of benzene rings is 2. The molecule has 0 aliphatic carbocycles. The number of phenols is 2. The van der Waals surface area contributed by atoms with E-state index in [1.165, 1.54) is 20.3 Å². The summed E-state index contributed by atoms with van der Waals surface area (Å²) in [6.07, 6.45) is 3.03. The maximum Gasteiger partial charge on any atom is 0.405 e. The van der Waals surface area contributed by atoms with Gasteiger partial charge in [0.1, 0.15) is 17.6 Å². The number of amides is 2. The zero-order valence-electron chi connectivity index (χ0n) is 27.3. The first-order chi connectivity index (χ1) is 21.9. The minimum Gasteiger partial charge on any atom is -0.506 e. The van der Waals surface area contributed by atoms with Crippen molar-refractivity contribution >= 4 is 23.4 Å². The molecule has 7 N–H and O–H groups in total. The zero-order valence-corrected chi connectivity index (χ0v) is 27.3. The van der Waals surface area contributed by atoms with Crippen LogP contribution in [-0.4, -0.2) is 66.0 Å². The van der Waals surface area contributed by atoms with Crippen LogP contribution in [-0.2, 0) is 32.0 Å². The van der Waals surface area contributed by atoms with Gasteiger partial charge in [0, 0.05) is 43.9 Å². The van der Waals surface area contributed by atoms with Crippen LogP contribution >= 0.6 is 0 Å². The topological polar surface area (TPSA) is 173 Å². The Morgan fingerprint density at radius 1 is 1.11 bits per heavy atom. The smallest absolute Gasteiger partial charge is 0.405 e. The van der Waals surface area contributed by atoms with Gasteiger partial charge in [-0.1, -0.05) is 68.5 Å². The fourth-order valence-electron chi connectivity index (χ4n) is 5.59. The monoisotopic (exact) mass is 637 g/mol. The highest BCUT2D eigenvalue weighted by Gasteiger charge is 2.30. The Morgan fingerprint density at radius 2 is 1.80 bits per heavy atom. The fraction of sp³-hybridized carbons (Fsp3) is 0.429. The van der Waals surface area contributed by atoms with Gasteiger partial charge in [0.2, 0.25) is 0 Å². The molecule has 0 aromatic heterocycles. The molecule has 0 radical (unpaired) electrons. The Morgan fingerprint density at radius 3 is 2.43 bits per heavy atom. The van der Waals surface area contributed by atoms with Gasteiger partial charge in [-0.15, -0.1) is 0 Å². The normalized spacial score (nSPS) is 27.8. The van der Waals surface area contributed by atoms with Crippen molar-refractivity contribution in [2.45, 2.75) is 71.5 Å². The molecule has 3 rings (SSSR count). The summed E-state index contributed by atoms with van der Waals surface area (Å²) < 4.78 is 16.7. The number of nitrogens with one attached hydrogen (secondary N) is 2. The summed E-state index contributed by atoms with van der Waals surface area (Å²) in [7, 11) is 2.97. The lowest BCUT2D eigenvalue weighted by molar-refractivity contribution is -0.112. The van der Waals surface area contributed by atoms with Crippen molar-refractivity contribution in [3.63, 3.8) is 0 Å². The predicted octanol–water partition coefficient (Wildman–Crippen LogP) is 5.17. The highest BCUT2D eigenvalue weighted by Crippen LogP contribution is 2.42. The van der Waals surface area contributed by atoms with Gasteiger partial charge >= 0.3 is 6.09 Å². The number of nitrogens with two attached hydrogens (primary N) is 1. The number of phenolic OH excluding ortho intramolecular Hbond substituents is 2. The van der Waals surface area contributed by atoms with Crippen LogP contribution in [0.15, 0.2) is 71.8 Å². The second-order valence-corrected chi connectivity index (χ2v) is 11.8. The number of aliphatic hydroxyl groups is 1. The molecule has 11 heteroatoms. The molecule has 2 aromatic rings. The number of fused-ring (bicyclic) bond motifs is 2. The van der Waals surface area contributed by atoms with Gasteiger partial charge in [0.05, 0.1) is 23.6 Å².